The van der Waals surface area contributed by atoms with Gasteiger partial charge < -0.3 is 9.64 Å². The third-order valence-corrected chi connectivity index (χ3v) is 2.44. The highest BCUT2D eigenvalue weighted by molar-refractivity contribution is 5.94. The molecule has 0 bridgehead atoms. The molecule has 1 aromatic carbocycles. The first-order chi connectivity index (χ1) is 8.93. The van der Waals surface area contributed by atoms with Gasteiger partial charge in [-0.15, -0.1) is 0 Å². The molecule has 1 amide bonds. The Morgan fingerprint density at radius 3 is 2.47 bits per heavy atom. The minimum atomic E-state index is -2.89. The predicted molar refractivity (Wildman–Crippen MR) is 64.8 cm³/mol. The number of nitriles is 1. The van der Waals surface area contributed by atoms with E-state index in [2.05, 4.69) is 4.74 Å². The summed E-state index contributed by atoms with van der Waals surface area (Å²) in [5.41, 5.74) is 0.356. The summed E-state index contributed by atoms with van der Waals surface area (Å²) in [6.07, 6.45) is 0. The van der Waals surface area contributed by atoms with Crippen molar-refractivity contribution < 1.29 is 18.3 Å². The second-order valence-corrected chi connectivity index (χ2v) is 4.12. The van der Waals surface area contributed by atoms with Crippen LogP contribution in [0, 0.1) is 17.2 Å². The highest BCUT2D eigenvalue weighted by Gasteiger charge is 2.14. The fraction of sp³-hybridized carbons (Fsp3) is 0.385. The number of carbonyl (C=O) groups is 1. The monoisotopic (exact) mass is 268 g/mol. The van der Waals surface area contributed by atoms with Gasteiger partial charge in [-0.25, -0.2) is 0 Å². The predicted octanol–water partition coefficient (Wildman–Crippen LogP) is 2.52. The lowest BCUT2D eigenvalue weighted by molar-refractivity contribution is -0.0498. The average molecular weight is 268 g/mol. The summed E-state index contributed by atoms with van der Waals surface area (Å²) in [6, 6.07) is 7.47. The summed E-state index contributed by atoms with van der Waals surface area (Å²) in [5, 5.41) is 8.68. The number of hydrogen-bond donors (Lipinski definition) is 0. The molecule has 1 rings (SSSR count). The fourth-order valence-corrected chi connectivity index (χ4v) is 1.53. The van der Waals surface area contributed by atoms with E-state index in [0.29, 0.717) is 12.1 Å². The molecule has 0 saturated heterocycles. The van der Waals surface area contributed by atoms with E-state index >= 15 is 0 Å². The van der Waals surface area contributed by atoms with Gasteiger partial charge >= 0.3 is 6.61 Å². The molecule has 4 nitrogen and oxygen atoms in total. The number of hydrogen-bond acceptors (Lipinski definition) is 3. The van der Waals surface area contributed by atoms with Gasteiger partial charge in [0.1, 0.15) is 5.75 Å². The van der Waals surface area contributed by atoms with Gasteiger partial charge in [0, 0.05) is 19.2 Å². The van der Waals surface area contributed by atoms with Crippen LogP contribution in [0.3, 0.4) is 0 Å². The second-order valence-electron chi connectivity index (χ2n) is 4.12. The maximum Gasteiger partial charge on any atom is 0.387 e. The van der Waals surface area contributed by atoms with Crippen molar-refractivity contribution in [2.24, 2.45) is 5.92 Å². The Labute approximate surface area is 110 Å². The number of halogens is 2. The lowest BCUT2D eigenvalue weighted by Gasteiger charge is -2.18. The van der Waals surface area contributed by atoms with Crippen LogP contribution in [0.5, 0.6) is 5.75 Å². The molecular formula is C13H14F2N2O2. The van der Waals surface area contributed by atoms with Crippen molar-refractivity contribution in [3.8, 4) is 11.8 Å². The molecule has 0 radical (unpaired) electrons. The molecule has 102 valence electrons. The summed E-state index contributed by atoms with van der Waals surface area (Å²) in [4.78, 5) is 13.4. The zero-order valence-electron chi connectivity index (χ0n) is 10.6. The number of amides is 1. The molecule has 0 fully saturated rings. The first-order valence-electron chi connectivity index (χ1n) is 5.64. The van der Waals surface area contributed by atoms with Crippen molar-refractivity contribution in [2.45, 2.75) is 13.5 Å². The Hall–Kier alpha value is -2.16. The van der Waals surface area contributed by atoms with Crippen LogP contribution in [-0.4, -0.2) is 31.0 Å². The van der Waals surface area contributed by atoms with Gasteiger partial charge in [0.25, 0.3) is 5.91 Å². The Kier molecular flexibility index (Phi) is 5.24. The topological polar surface area (TPSA) is 53.3 Å². The number of benzene rings is 1. The van der Waals surface area contributed by atoms with Gasteiger partial charge in [0.2, 0.25) is 0 Å². The van der Waals surface area contributed by atoms with Gasteiger partial charge in [0.15, 0.2) is 0 Å². The fourth-order valence-electron chi connectivity index (χ4n) is 1.53. The molecule has 0 aliphatic rings. The van der Waals surface area contributed by atoms with Gasteiger partial charge in [-0.1, -0.05) is 0 Å². The minimum Gasteiger partial charge on any atom is -0.435 e. The van der Waals surface area contributed by atoms with Crippen LogP contribution in [0.15, 0.2) is 24.3 Å². The number of rotatable bonds is 5. The quantitative estimate of drug-likeness (QED) is 0.824. The van der Waals surface area contributed by atoms with Crippen molar-refractivity contribution in [3.63, 3.8) is 0 Å². The van der Waals surface area contributed by atoms with Crippen LogP contribution in [-0.2, 0) is 0 Å². The molecular weight excluding hydrogens is 254 g/mol. The number of nitrogens with zero attached hydrogens (tertiary/aromatic N) is 2. The number of carbonyl (C=O) groups excluding carboxylic acids is 1. The zero-order valence-corrected chi connectivity index (χ0v) is 10.6. The van der Waals surface area contributed by atoms with E-state index in [1.54, 1.807) is 14.0 Å². The normalized spacial score (nSPS) is 11.8. The molecule has 0 N–H and O–H groups in total. The third-order valence-electron chi connectivity index (χ3n) is 2.44. The Bertz CT molecular complexity index is 469. The number of ether oxygens (including phenoxy) is 1. The molecule has 1 atom stereocenters. The van der Waals surface area contributed by atoms with E-state index in [1.165, 1.54) is 29.2 Å². The van der Waals surface area contributed by atoms with Crippen LogP contribution < -0.4 is 4.74 Å². The molecule has 0 spiro atoms. The Morgan fingerprint density at radius 1 is 1.42 bits per heavy atom. The summed E-state index contributed by atoms with van der Waals surface area (Å²) in [6.45, 7) is -0.866. The molecule has 1 aromatic rings. The molecule has 1 unspecified atom stereocenters. The molecule has 0 saturated carbocycles. The molecule has 0 aliphatic heterocycles. The third kappa shape index (κ3) is 4.54. The lowest BCUT2D eigenvalue weighted by atomic mass is 10.1. The van der Waals surface area contributed by atoms with Crippen LogP contribution >= 0.6 is 0 Å². The largest absolute Gasteiger partial charge is 0.435 e. The highest BCUT2D eigenvalue weighted by Crippen LogP contribution is 2.16. The summed E-state index contributed by atoms with van der Waals surface area (Å²) in [7, 11) is 1.58. The van der Waals surface area contributed by atoms with Crippen LogP contribution in [0.25, 0.3) is 0 Å². The maximum atomic E-state index is 12.0. The van der Waals surface area contributed by atoms with Crippen molar-refractivity contribution in [1.82, 2.24) is 4.90 Å². The highest BCUT2D eigenvalue weighted by atomic mass is 19.3. The van der Waals surface area contributed by atoms with E-state index in [1.807, 2.05) is 6.07 Å². The SMILES string of the molecule is CC(C#N)CN(C)C(=O)c1ccc(OC(F)F)cc1. The Morgan fingerprint density at radius 2 is 2.00 bits per heavy atom. The zero-order chi connectivity index (χ0) is 14.4. The first-order valence-corrected chi connectivity index (χ1v) is 5.64. The van der Waals surface area contributed by atoms with Crippen molar-refractivity contribution >= 4 is 5.91 Å². The van der Waals surface area contributed by atoms with E-state index in [0.717, 1.165) is 0 Å². The van der Waals surface area contributed by atoms with E-state index in [9.17, 15) is 13.6 Å². The van der Waals surface area contributed by atoms with Crippen molar-refractivity contribution in [3.05, 3.63) is 29.8 Å². The maximum absolute atomic E-state index is 12.0. The Balaban J connectivity index is 2.70. The molecule has 0 heterocycles. The van der Waals surface area contributed by atoms with Crippen molar-refractivity contribution in [2.75, 3.05) is 13.6 Å². The summed E-state index contributed by atoms with van der Waals surface area (Å²) < 4.78 is 28.1. The lowest BCUT2D eigenvalue weighted by Crippen LogP contribution is -2.30. The van der Waals surface area contributed by atoms with E-state index in [-0.39, 0.29) is 17.6 Å². The summed E-state index contributed by atoms with van der Waals surface area (Å²) >= 11 is 0. The van der Waals surface area contributed by atoms with Gasteiger partial charge in [0.05, 0.1) is 12.0 Å². The smallest absolute Gasteiger partial charge is 0.387 e. The molecule has 0 aromatic heterocycles. The van der Waals surface area contributed by atoms with Gasteiger partial charge in [-0.3, -0.25) is 4.79 Å². The van der Waals surface area contributed by atoms with Crippen LogP contribution in [0.4, 0.5) is 8.78 Å². The average Bonchev–Trinajstić information content (AvgIpc) is 2.37. The molecule has 6 heteroatoms. The second kappa shape index (κ2) is 6.69. The van der Waals surface area contributed by atoms with Crippen LogP contribution in [0.1, 0.15) is 17.3 Å². The number of alkyl halides is 2. The molecule has 19 heavy (non-hydrogen) atoms. The molecule has 0 aliphatic carbocycles. The first kappa shape index (κ1) is 14.9. The standard InChI is InChI=1S/C13H14F2N2O2/c1-9(7-16)8-17(2)12(18)10-3-5-11(6-4-10)19-13(14)15/h3-6,9,13H,8H2,1-2H3. The van der Waals surface area contributed by atoms with Gasteiger partial charge in [-0.2, -0.15) is 14.0 Å². The van der Waals surface area contributed by atoms with E-state index < -0.39 is 6.61 Å². The van der Waals surface area contributed by atoms with Gasteiger partial charge in [-0.05, 0) is 31.2 Å². The van der Waals surface area contributed by atoms with Crippen molar-refractivity contribution in [1.29, 1.82) is 5.26 Å². The minimum absolute atomic E-state index is 0.000374. The summed E-state index contributed by atoms with van der Waals surface area (Å²) in [5.74, 6) is -0.541. The van der Waals surface area contributed by atoms with Crippen LogP contribution in [0.2, 0.25) is 0 Å². The van der Waals surface area contributed by atoms with E-state index in [4.69, 9.17) is 5.26 Å².